The van der Waals surface area contributed by atoms with Gasteiger partial charge in [-0.3, -0.25) is 9.20 Å². The number of aryl methyl sites for hydroxylation is 4. The monoisotopic (exact) mass is 456 g/mol. The minimum absolute atomic E-state index is 0.0758. The fourth-order valence-electron chi connectivity index (χ4n) is 3.82. The minimum atomic E-state index is -0.0758. The lowest BCUT2D eigenvalue weighted by Gasteiger charge is -2.09. The highest BCUT2D eigenvalue weighted by Crippen LogP contribution is 2.27. The van der Waals surface area contributed by atoms with Crippen LogP contribution in [0.5, 0.6) is 0 Å². The van der Waals surface area contributed by atoms with Crippen LogP contribution >= 0.6 is 11.8 Å². The van der Waals surface area contributed by atoms with Gasteiger partial charge in [-0.05, 0) is 62.6 Å². The third-order valence-electron chi connectivity index (χ3n) is 5.65. The smallest absolute Gasteiger partial charge is 0.234 e. The highest BCUT2D eigenvalue weighted by molar-refractivity contribution is 7.99. The molecule has 0 atom stereocenters. The maximum absolute atomic E-state index is 12.5. The van der Waals surface area contributed by atoms with E-state index in [1.54, 1.807) is 0 Å². The van der Waals surface area contributed by atoms with Gasteiger partial charge in [0.1, 0.15) is 5.52 Å². The number of anilines is 1. The Labute approximate surface area is 195 Å². The maximum atomic E-state index is 12.5. The van der Waals surface area contributed by atoms with Crippen LogP contribution in [0, 0.1) is 27.7 Å². The van der Waals surface area contributed by atoms with Crippen LogP contribution in [0.3, 0.4) is 0 Å². The Balaban J connectivity index is 1.39. The molecule has 1 N–H and O–H groups in total. The summed E-state index contributed by atoms with van der Waals surface area (Å²) in [5, 5.41) is 17.1. The molecule has 7 nitrogen and oxygen atoms in total. The molecule has 8 heteroatoms. The van der Waals surface area contributed by atoms with E-state index in [1.807, 2.05) is 59.4 Å². The fraction of sp³-hybridized carbons (Fsp3) is 0.200. The van der Waals surface area contributed by atoms with Gasteiger partial charge in [0.05, 0.1) is 11.4 Å². The molecule has 0 unspecified atom stereocenters. The lowest BCUT2D eigenvalue weighted by atomic mass is 10.0. The van der Waals surface area contributed by atoms with Gasteiger partial charge >= 0.3 is 0 Å². The number of nitrogens with zero attached hydrogens (tertiary/aromatic N) is 5. The van der Waals surface area contributed by atoms with Crippen LogP contribution in [0.2, 0.25) is 0 Å². The molecule has 0 saturated heterocycles. The maximum Gasteiger partial charge on any atom is 0.234 e. The molecule has 0 fully saturated rings. The van der Waals surface area contributed by atoms with Crippen molar-refractivity contribution in [1.82, 2.24) is 24.2 Å². The highest BCUT2D eigenvalue weighted by atomic mass is 32.2. The Bertz CT molecular complexity index is 1520. The normalized spacial score (nSPS) is 11.4. The molecule has 0 aliphatic heterocycles. The number of amides is 1. The Kier molecular flexibility index (Phi) is 5.38. The molecule has 5 rings (SSSR count). The van der Waals surface area contributed by atoms with Crippen molar-refractivity contribution in [3.8, 4) is 11.3 Å². The molecule has 0 spiro atoms. The summed E-state index contributed by atoms with van der Waals surface area (Å²) in [6.07, 6.45) is 3.77. The second-order valence-electron chi connectivity index (χ2n) is 8.31. The SMILES string of the molecule is Cc1ccc(C)c(NC(=O)CSc2nnc3c4cc(-c5cc(C)ccc5C)nn4ccn23)c1. The average Bonchev–Trinajstić information content (AvgIpc) is 3.40. The number of benzene rings is 2. The van der Waals surface area contributed by atoms with Crippen molar-refractivity contribution in [3.05, 3.63) is 77.1 Å². The predicted octanol–water partition coefficient (Wildman–Crippen LogP) is 5.01. The lowest BCUT2D eigenvalue weighted by Crippen LogP contribution is -2.15. The molecular formula is C25H24N6OS. The van der Waals surface area contributed by atoms with E-state index in [0.717, 1.165) is 33.6 Å². The van der Waals surface area contributed by atoms with Gasteiger partial charge in [-0.25, -0.2) is 4.52 Å². The first-order valence-corrected chi connectivity index (χ1v) is 11.7. The van der Waals surface area contributed by atoms with E-state index in [4.69, 9.17) is 5.10 Å². The summed E-state index contributed by atoms with van der Waals surface area (Å²) in [5.41, 5.74) is 8.93. The molecular weight excluding hydrogens is 432 g/mol. The van der Waals surface area contributed by atoms with E-state index >= 15 is 0 Å². The summed E-state index contributed by atoms with van der Waals surface area (Å²) in [4.78, 5) is 12.5. The number of carbonyl (C=O) groups excluding carboxylic acids is 1. The number of aromatic nitrogens is 5. The third kappa shape index (κ3) is 4.09. The van der Waals surface area contributed by atoms with E-state index in [1.165, 1.54) is 22.9 Å². The largest absolute Gasteiger partial charge is 0.325 e. The molecule has 0 saturated carbocycles. The van der Waals surface area contributed by atoms with E-state index in [2.05, 4.69) is 47.6 Å². The van der Waals surface area contributed by atoms with E-state index in [-0.39, 0.29) is 11.7 Å². The first-order chi connectivity index (χ1) is 15.9. The van der Waals surface area contributed by atoms with E-state index < -0.39 is 0 Å². The zero-order valence-corrected chi connectivity index (χ0v) is 19.8. The van der Waals surface area contributed by atoms with Gasteiger partial charge < -0.3 is 5.32 Å². The minimum Gasteiger partial charge on any atom is -0.325 e. The van der Waals surface area contributed by atoms with Gasteiger partial charge in [-0.2, -0.15) is 5.10 Å². The predicted molar refractivity (Wildman–Crippen MR) is 132 cm³/mol. The number of rotatable bonds is 5. The van der Waals surface area contributed by atoms with Crippen LogP contribution in [-0.4, -0.2) is 35.9 Å². The highest BCUT2D eigenvalue weighted by Gasteiger charge is 2.15. The number of hydrogen-bond acceptors (Lipinski definition) is 5. The van der Waals surface area contributed by atoms with Gasteiger partial charge in [0.15, 0.2) is 10.8 Å². The topological polar surface area (TPSA) is 76.6 Å². The summed E-state index contributed by atoms with van der Waals surface area (Å²) in [6.45, 7) is 8.16. The third-order valence-corrected chi connectivity index (χ3v) is 6.60. The zero-order chi connectivity index (χ0) is 23.1. The number of nitrogens with one attached hydrogen (secondary N) is 1. The van der Waals surface area contributed by atoms with Crippen LogP contribution in [0.15, 0.2) is 60.0 Å². The number of hydrogen-bond donors (Lipinski definition) is 1. The Hall–Kier alpha value is -3.65. The first kappa shape index (κ1) is 21.2. The van der Waals surface area contributed by atoms with Crippen LogP contribution < -0.4 is 5.32 Å². The van der Waals surface area contributed by atoms with Crippen molar-refractivity contribution in [2.45, 2.75) is 32.9 Å². The van der Waals surface area contributed by atoms with Crippen molar-refractivity contribution in [3.63, 3.8) is 0 Å². The van der Waals surface area contributed by atoms with Gasteiger partial charge in [0, 0.05) is 23.6 Å². The molecule has 166 valence electrons. The van der Waals surface area contributed by atoms with Gasteiger partial charge in [-0.15, -0.1) is 10.2 Å². The molecule has 1 amide bonds. The molecule has 0 aliphatic carbocycles. The second-order valence-corrected chi connectivity index (χ2v) is 9.25. The van der Waals surface area contributed by atoms with Crippen LogP contribution in [0.1, 0.15) is 22.3 Å². The van der Waals surface area contributed by atoms with Gasteiger partial charge in [0.2, 0.25) is 5.91 Å². The summed E-state index contributed by atoms with van der Waals surface area (Å²) in [5.74, 6) is 0.167. The number of carbonyl (C=O) groups is 1. The molecule has 3 aromatic heterocycles. The molecule has 5 aromatic rings. The van der Waals surface area contributed by atoms with E-state index in [9.17, 15) is 4.79 Å². The van der Waals surface area contributed by atoms with Crippen molar-refractivity contribution >= 4 is 34.5 Å². The lowest BCUT2D eigenvalue weighted by molar-refractivity contribution is -0.113. The molecule has 0 bridgehead atoms. The Morgan fingerprint density at radius 3 is 2.52 bits per heavy atom. The second kappa shape index (κ2) is 8.37. The van der Waals surface area contributed by atoms with Gasteiger partial charge in [0.25, 0.3) is 0 Å². The average molecular weight is 457 g/mol. The molecule has 3 heterocycles. The molecule has 0 radical (unpaired) electrons. The molecule has 33 heavy (non-hydrogen) atoms. The number of fused-ring (bicyclic) bond motifs is 3. The molecule has 0 aliphatic rings. The van der Waals surface area contributed by atoms with E-state index in [0.29, 0.717) is 10.8 Å². The van der Waals surface area contributed by atoms with Crippen molar-refractivity contribution in [2.75, 3.05) is 11.1 Å². The fourth-order valence-corrected chi connectivity index (χ4v) is 4.54. The zero-order valence-electron chi connectivity index (χ0n) is 19.0. The van der Waals surface area contributed by atoms with Crippen molar-refractivity contribution in [2.24, 2.45) is 0 Å². The Morgan fingerprint density at radius 2 is 1.70 bits per heavy atom. The Morgan fingerprint density at radius 1 is 0.939 bits per heavy atom. The summed E-state index contributed by atoms with van der Waals surface area (Å²) < 4.78 is 3.72. The molecule has 2 aromatic carbocycles. The standard InChI is InChI=1S/C25H24N6OS/c1-15-5-7-17(3)19(11-15)21-13-22-24-27-28-25(30(24)9-10-31(22)29-21)33-14-23(32)26-20-12-16(2)6-8-18(20)4/h5-13H,14H2,1-4H3,(H,26,32). The van der Waals surface area contributed by atoms with Crippen molar-refractivity contribution < 1.29 is 4.79 Å². The van der Waals surface area contributed by atoms with Crippen LogP contribution in [0.25, 0.3) is 22.4 Å². The van der Waals surface area contributed by atoms with Crippen LogP contribution in [-0.2, 0) is 4.79 Å². The summed E-state index contributed by atoms with van der Waals surface area (Å²) >= 11 is 1.36. The number of thioether (sulfide) groups is 1. The summed E-state index contributed by atoms with van der Waals surface area (Å²) in [6, 6.07) is 14.4. The van der Waals surface area contributed by atoms with Crippen LogP contribution in [0.4, 0.5) is 5.69 Å². The van der Waals surface area contributed by atoms with Gasteiger partial charge in [-0.1, -0.05) is 41.6 Å². The van der Waals surface area contributed by atoms with Crippen molar-refractivity contribution in [1.29, 1.82) is 0 Å². The summed E-state index contributed by atoms with van der Waals surface area (Å²) in [7, 11) is 0. The quantitative estimate of drug-likeness (QED) is 0.376. The first-order valence-electron chi connectivity index (χ1n) is 10.7.